The Morgan fingerprint density at radius 1 is 1.23 bits per heavy atom. The highest BCUT2D eigenvalue weighted by Crippen LogP contribution is 2.51. The molecule has 5 rings (SSSR count). The summed E-state index contributed by atoms with van der Waals surface area (Å²) in [7, 11) is 0. The molecule has 0 saturated carbocycles. The first kappa shape index (κ1) is 32.3. The monoisotopic (exact) mass is 680 g/mol. The molecule has 2 aliphatic heterocycles. The van der Waals surface area contributed by atoms with Crippen LogP contribution in [0.4, 0.5) is 25.8 Å². The maximum absolute atomic E-state index is 17.1. The topological polar surface area (TPSA) is 119 Å². The number of anilines is 3. The molecule has 8 nitrogen and oxygen atoms in total. The summed E-state index contributed by atoms with van der Waals surface area (Å²) in [6, 6.07) is 2.21. The number of aliphatic hydroxyl groups excluding tert-OH is 1. The standard InChI is InChI=1S/C30H29Cl3F2N6O2S/c1-5-18(43)40-10-15-11-44-29-21(30(37)41(15)9-13(40)3)28(39-26-12(2)6-7-38-27(26)14(4)42)24(35)19(22(29)33)20-23(34)16(31)8-17(32)25(20)36/h5-8,13-15,37,39,42H,1,9-11,36H2,2-4H3. The van der Waals surface area contributed by atoms with E-state index >= 15 is 8.78 Å². The number of aromatic nitrogens is 1. The maximum atomic E-state index is 17.1. The number of nitrogens with zero attached hydrogens (tertiary/aromatic N) is 3. The Bertz CT molecular complexity index is 1700. The van der Waals surface area contributed by atoms with E-state index in [0.717, 1.165) is 6.07 Å². The van der Waals surface area contributed by atoms with Gasteiger partial charge in [0.1, 0.15) is 5.84 Å². The molecule has 0 spiro atoms. The maximum Gasteiger partial charge on any atom is 0.246 e. The van der Waals surface area contributed by atoms with Gasteiger partial charge in [-0.25, -0.2) is 8.78 Å². The van der Waals surface area contributed by atoms with E-state index < -0.39 is 23.3 Å². The van der Waals surface area contributed by atoms with E-state index in [1.165, 1.54) is 31.0 Å². The number of hydrogen-bond donors (Lipinski definition) is 4. The zero-order valence-corrected chi connectivity index (χ0v) is 27.0. The number of carbonyl (C=O) groups excluding carboxylic acids is 1. The number of rotatable bonds is 5. The highest BCUT2D eigenvalue weighted by molar-refractivity contribution is 7.99. The second kappa shape index (κ2) is 12.4. The number of pyridine rings is 1. The fraction of sp³-hybridized carbons (Fsp3) is 0.300. The molecule has 1 saturated heterocycles. The van der Waals surface area contributed by atoms with Gasteiger partial charge in [-0.15, -0.1) is 11.8 Å². The van der Waals surface area contributed by atoms with E-state index in [1.807, 2.05) is 11.8 Å². The zero-order chi connectivity index (χ0) is 32.2. The summed E-state index contributed by atoms with van der Waals surface area (Å²) in [5.41, 5.74) is 6.25. The fourth-order valence-corrected chi connectivity index (χ4v) is 7.72. The number of nitrogens with one attached hydrogen (secondary N) is 2. The summed E-state index contributed by atoms with van der Waals surface area (Å²) in [5, 5.41) is 22.3. The van der Waals surface area contributed by atoms with E-state index in [4.69, 9.17) is 40.5 Å². The number of aryl methyl sites for hydroxylation is 1. The molecule has 44 heavy (non-hydrogen) atoms. The summed E-state index contributed by atoms with van der Waals surface area (Å²) < 4.78 is 32.7. The fourth-order valence-electron chi connectivity index (χ4n) is 5.61. The minimum Gasteiger partial charge on any atom is -0.397 e. The van der Waals surface area contributed by atoms with Crippen LogP contribution in [0.5, 0.6) is 0 Å². The third-order valence-electron chi connectivity index (χ3n) is 7.87. The molecule has 1 aromatic heterocycles. The summed E-state index contributed by atoms with van der Waals surface area (Å²) in [6.45, 7) is 9.33. The van der Waals surface area contributed by atoms with Crippen molar-refractivity contribution in [3.63, 3.8) is 0 Å². The minimum absolute atomic E-state index is 0.0416. The number of nitrogen functional groups attached to an aromatic ring is 1. The van der Waals surface area contributed by atoms with E-state index in [0.29, 0.717) is 35.0 Å². The van der Waals surface area contributed by atoms with Crippen LogP contribution < -0.4 is 11.1 Å². The third kappa shape index (κ3) is 5.38. The van der Waals surface area contributed by atoms with Crippen LogP contribution in [-0.2, 0) is 4.79 Å². The van der Waals surface area contributed by atoms with Gasteiger partial charge in [-0.2, -0.15) is 0 Å². The average Bonchev–Trinajstić information content (AvgIpc) is 3.11. The molecule has 2 aromatic carbocycles. The Hall–Kier alpha value is -3.09. The number of piperazine rings is 1. The molecule has 3 unspecified atom stereocenters. The Morgan fingerprint density at radius 3 is 2.59 bits per heavy atom. The van der Waals surface area contributed by atoms with Crippen LogP contribution in [0.1, 0.15) is 36.8 Å². The SMILES string of the molecule is C=CC(=O)N1CC2CSc3c(Cl)c(-c4c(N)c(Cl)cc(Cl)c4F)c(F)c(Nc4c(C)ccnc4C(C)O)c3C(=N)N2CC1C. The number of thioether (sulfide) groups is 1. The molecular weight excluding hydrogens is 653 g/mol. The Morgan fingerprint density at radius 2 is 1.93 bits per heavy atom. The normalized spacial score (nSPS) is 18.8. The molecule has 3 atom stereocenters. The number of hydrogen-bond acceptors (Lipinski definition) is 7. The van der Waals surface area contributed by atoms with Gasteiger partial charge < -0.3 is 26.0 Å². The van der Waals surface area contributed by atoms with Crippen molar-refractivity contribution in [2.75, 3.05) is 29.9 Å². The molecule has 0 radical (unpaired) electrons. The predicted molar refractivity (Wildman–Crippen MR) is 174 cm³/mol. The Labute approximate surface area is 272 Å². The average molecular weight is 682 g/mol. The van der Waals surface area contributed by atoms with Crippen molar-refractivity contribution in [3.8, 4) is 11.1 Å². The van der Waals surface area contributed by atoms with Gasteiger partial charge in [0.25, 0.3) is 0 Å². The molecule has 2 aliphatic rings. The molecule has 5 N–H and O–H groups in total. The van der Waals surface area contributed by atoms with Gasteiger partial charge >= 0.3 is 0 Å². The van der Waals surface area contributed by atoms with E-state index in [1.54, 1.807) is 17.9 Å². The number of nitrogens with two attached hydrogens (primary N) is 1. The molecule has 232 valence electrons. The number of amides is 1. The van der Waals surface area contributed by atoms with Gasteiger partial charge in [-0.1, -0.05) is 41.4 Å². The van der Waals surface area contributed by atoms with Crippen LogP contribution in [0.25, 0.3) is 11.1 Å². The molecule has 14 heteroatoms. The zero-order valence-electron chi connectivity index (χ0n) is 23.9. The van der Waals surface area contributed by atoms with E-state index in [-0.39, 0.29) is 67.1 Å². The highest BCUT2D eigenvalue weighted by Gasteiger charge is 2.41. The van der Waals surface area contributed by atoms with Crippen molar-refractivity contribution < 1.29 is 18.7 Å². The number of fused-ring (bicyclic) bond motifs is 2. The number of benzene rings is 2. The number of carbonyl (C=O) groups is 1. The molecule has 1 fully saturated rings. The first-order valence-corrected chi connectivity index (χ1v) is 15.7. The van der Waals surface area contributed by atoms with Crippen molar-refractivity contribution >= 4 is 75.4 Å². The van der Waals surface area contributed by atoms with E-state index in [9.17, 15) is 15.3 Å². The molecule has 0 aliphatic carbocycles. The van der Waals surface area contributed by atoms with E-state index in [2.05, 4.69) is 16.9 Å². The molecular formula is C30H29Cl3F2N6O2S. The lowest BCUT2D eigenvalue weighted by Gasteiger charge is -2.45. The first-order valence-electron chi connectivity index (χ1n) is 13.6. The lowest BCUT2D eigenvalue weighted by atomic mass is 9.96. The first-order chi connectivity index (χ1) is 20.8. The summed E-state index contributed by atoms with van der Waals surface area (Å²) in [5.74, 6) is -1.92. The smallest absolute Gasteiger partial charge is 0.246 e. The van der Waals surface area contributed by atoms with Gasteiger partial charge in [0.15, 0.2) is 11.6 Å². The van der Waals surface area contributed by atoms with Crippen molar-refractivity contribution in [2.45, 2.75) is 43.9 Å². The predicted octanol–water partition coefficient (Wildman–Crippen LogP) is 7.19. The largest absolute Gasteiger partial charge is 0.397 e. The van der Waals surface area contributed by atoms with Crippen molar-refractivity contribution in [2.24, 2.45) is 0 Å². The van der Waals surface area contributed by atoms with Crippen LogP contribution in [0.15, 0.2) is 35.9 Å². The summed E-state index contributed by atoms with van der Waals surface area (Å²) in [6.07, 6.45) is 1.74. The van der Waals surface area contributed by atoms with Crippen molar-refractivity contribution in [1.82, 2.24) is 14.8 Å². The highest BCUT2D eigenvalue weighted by atomic mass is 35.5. The van der Waals surface area contributed by atoms with Crippen molar-refractivity contribution in [1.29, 1.82) is 5.41 Å². The number of aliphatic hydroxyl groups is 1. The van der Waals surface area contributed by atoms with Crippen LogP contribution in [-0.4, -0.2) is 62.6 Å². The van der Waals surface area contributed by atoms with Gasteiger partial charge in [0.05, 0.1) is 55.5 Å². The number of amidine groups is 1. The van der Waals surface area contributed by atoms with Crippen LogP contribution in [0.3, 0.4) is 0 Å². The van der Waals surface area contributed by atoms with Crippen molar-refractivity contribution in [3.05, 3.63) is 74.5 Å². The molecule has 0 bridgehead atoms. The van der Waals surface area contributed by atoms with Gasteiger partial charge in [-0.05, 0) is 44.5 Å². The lowest BCUT2D eigenvalue weighted by Crippen LogP contribution is -2.60. The summed E-state index contributed by atoms with van der Waals surface area (Å²) in [4.78, 5) is 20.7. The molecule has 1 amide bonds. The molecule has 3 heterocycles. The van der Waals surface area contributed by atoms with Gasteiger partial charge in [0, 0.05) is 47.1 Å². The second-order valence-corrected chi connectivity index (χ2v) is 12.9. The third-order valence-corrected chi connectivity index (χ3v) is 10.2. The molecule has 3 aromatic rings. The minimum atomic E-state index is -1.03. The van der Waals surface area contributed by atoms with Crippen LogP contribution in [0, 0.1) is 24.0 Å². The number of halogens is 5. The van der Waals surface area contributed by atoms with Crippen LogP contribution >= 0.6 is 46.6 Å². The Balaban J connectivity index is 1.80. The van der Waals surface area contributed by atoms with Gasteiger partial charge in [-0.3, -0.25) is 15.2 Å². The Kier molecular flexibility index (Phi) is 9.08. The van der Waals surface area contributed by atoms with Gasteiger partial charge in [0.2, 0.25) is 5.91 Å². The van der Waals surface area contributed by atoms with Crippen LogP contribution in [0.2, 0.25) is 15.1 Å². The summed E-state index contributed by atoms with van der Waals surface area (Å²) >= 11 is 20.5. The quantitative estimate of drug-likeness (QED) is 0.128. The lowest BCUT2D eigenvalue weighted by molar-refractivity contribution is -0.130. The second-order valence-electron chi connectivity index (χ2n) is 10.7.